The van der Waals surface area contributed by atoms with E-state index in [0.717, 1.165) is 11.5 Å². The van der Waals surface area contributed by atoms with E-state index in [0.29, 0.717) is 49.2 Å². The van der Waals surface area contributed by atoms with Gasteiger partial charge in [-0.3, -0.25) is 4.79 Å². The molecule has 1 aliphatic heterocycles. The quantitative estimate of drug-likeness (QED) is 0.285. The number of rotatable bonds is 8. The second-order valence-electron chi connectivity index (χ2n) is 10.0. The van der Waals surface area contributed by atoms with Crippen LogP contribution in [0.1, 0.15) is 26.4 Å². The summed E-state index contributed by atoms with van der Waals surface area (Å²) in [5, 5.41) is 14.0. The van der Waals surface area contributed by atoms with E-state index in [1.165, 1.54) is 4.68 Å². The SMILES string of the molecule is [2H]c1c([2H])c([2H])c(-c2ccn(-c3cc(N4CCOCC4)n4nc(-c5cc(C)n(COC(=O)[C@@H](N)C(C)C)n5)cc4n3)n2)c([2H])c1[2H]. The number of hydrogen-bond acceptors (Lipinski definition) is 9. The lowest BCUT2D eigenvalue weighted by Crippen LogP contribution is -2.37. The summed E-state index contributed by atoms with van der Waals surface area (Å²) in [7, 11) is 0. The summed E-state index contributed by atoms with van der Waals surface area (Å²) in [6, 6.07) is 4.34. The zero-order valence-electron chi connectivity index (χ0n) is 28.0. The monoisotopic (exact) mass is 560 g/mol. The van der Waals surface area contributed by atoms with Crippen LogP contribution >= 0.6 is 0 Å². The Balaban J connectivity index is 1.38. The molecule has 5 aromatic rings. The highest BCUT2D eigenvalue weighted by molar-refractivity contribution is 5.75. The van der Waals surface area contributed by atoms with Crippen LogP contribution in [0.5, 0.6) is 0 Å². The molecule has 0 spiro atoms. The van der Waals surface area contributed by atoms with Crippen LogP contribution in [-0.2, 0) is 21.0 Å². The molecule has 0 radical (unpaired) electrons. The van der Waals surface area contributed by atoms with Crippen LogP contribution in [0.3, 0.4) is 0 Å². The van der Waals surface area contributed by atoms with Crippen molar-refractivity contribution in [2.45, 2.75) is 33.5 Å². The molecule has 2 N–H and O–H groups in total. The average Bonchev–Trinajstić information content (AvgIpc) is 3.80. The number of aromatic nitrogens is 7. The first-order valence-electron chi connectivity index (χ1n) is 15.8. The van der Waals surface area contributed by atoms with Gasteiger partial charge in [0.1, 0.15) is 23.2 Å². The number of ether oxygens (including phenoxy) is 2. The Morgan fingerprint density at radius 1 is 1.07 bits per heavy atom. The van der Waals surface area contributed by atoms with Crippen molar-refractivity contribution in [3.63, 3.8) is 0 Å². The topological polar surface area (TPSA) is 131 Å². The summed E-state index contributed by atoms with van der Waals surface area (Å²) in [4.78, 5) is 19.2. The number of aryl methyl sites for hydroxylation is 1. The number of carbonyl (C=O) groups excluding carboxylic acids is 1. The van der Waals surface area contributed by atoms with Crippen molar-refractivity contribution in [3.05, 3.63) is 66.4 Å². The average molecular weight is 561 g/mol. The molecule has 212 valence electrons. The standard InChI is InChI=1S/C29H33N9O3/c1-19(2)28(30)29(39)41-18-37-20(3)15-23(33-37)24-16-26-31-25(17-27(38(26)34-24)35-11-13-40-14-12-35)36-10-9-22(32-36)21-7-5-4-6-8-21/h4-10,15-17,19,28H,11-14,18,30H2,1-3H3/t28-/m0/s1/i4D,5D,6D,7D,8D. The van der Waals surface area contributed by atoms with E-state index in [2.05, 4.69) is 15.1 Å². The Labute approximate surface area is 244 Å². The summed E-state index contributed by atoms with van der Waals surface area (Å²) in [5.41, 5.74) is 8.52. The predicted octanol–water partition coefficient (Wildman–Crippen LogP) is 3.07. The van der Waals surface area contributed by atoms with Crippen molar-refractivity contribution in [1.29, 1.82) is 0 Å². The van der Waals surface area contributed by atoms with Gasteiger partial charge in [-0.1, -0.05) is 44.1 Å². The highest BCUT2D eigenvalue weighted by atomic mass is 16.5. The van der Waals surface area contributed by atoms with Crippen LogP contribution in [0.2, 0.25) is 0 Å². The molecule has 1 aromatic carbocycles. The fourth-order valence-corrected chi connectivity index (χ4v) is 4.43. The van der Waals surface area contributed by atoms with Crippen LogP contribution < -0.4 is 10.6 Å². The Morgan fingerprint density at radius 2 is 1.83 bits per heavy atom. The number of morpholine rings is 1. The third kappa shape index (κ3) is 5.43. The highest BCUT2D eigenvalue weighted by Crippen LogP contribution is 2.26. The van der Waals surface area contributed by atoms with Crippen molar-refractivity contribution >= 4 is 17.4 Å². The molecule has 1 atom stereocenters. The number of nitrogens with zero attached hydrogens (tertiary/aromatic N) is 8. The van der Waals surface area contributed by atoms with Crippen LogP contribution in [0.15, 0.2) is 60.7 Å². The fraction of sp³-hybridized carbons (Fsp3) is 0.345. The van der Waals surface area contributed by atoms with Gasteiger partial charge in [0.15, 0.2) is 18.2 Å². The molecule has 0 aliphatic carbocycles. The van der Waals surface area contributed by atoms with Gasteiger partial charge < -0.3 is 20.1 Å². The summed E-state index contributed by atoms with van der Waals surface area (Å²) in [5.74, 6) is 0.620. The summed E-state index contributed by atoms with van der Waals surface area (Å²) in [6.07, 6.45) is 1.63. The lowest BCUT2D eigenvalue weighted by Gasteiger charge is -2.29. The zero-order chi connectivity index (χ0) is 32.9. The molecule has 12 heteroatoms. The Morgan fingerprint density at radius 3 is 2.59 bits per heavy atom. The maximum atomic E-state index is 12.3. The molecule has 12 nitrogen and oxygen atoms in total. The minimum absolute atomic E-state index is 0.00805. The first kappa shape index (κ1) is 21.2. The van der Waals surface area contributed by atoms with Gasteiger partial charge >= 0.3 is 5.97 Å². The van der Waals surface area contributed by atoms with Crippen LogP contribution in [0.4, 0.5) is 5.82 Å². The molecule has 1 saturated heterocycles. The number of benzene rings is 1. The van der Waals surface area contributed by atoms with E-state index in [9.17, 15) is 4.79 Å². The van der Waals surface area contributed by atoms with Crippen LogP contribution in [0.25, 0.3) is 34.1 Å². The molecule has 6 rings (SSSR count). The van der Waals surface area contributed by atoms with E-state index >= 15 is 0 Å². The van der Waals surface area contributed by atoms with Gasteiger partial charge in [0.05, 0.1) is 25.8 Å². The van der Waals surface area contributed by atoms with E-state index in [1.54, 1.807) is 27.5 Å². The lowest BCUT2D eigenvalue weighted by atomic mass is 10.1. The van der Waals surface area contributed by atoms with Crippen LogP contribution in [-0.4, -0.2) is 72.5 Å². The maximum Gasteiger partial charge on any atom is 0.324 e. The van der Waals surface area contributed by atoms with E-state index in [-0.39, 0.29) is 36.0 Å². The Bertz CT molecular complexity index is 1920. The van der Waals surface area contributed by atoms with Gasteiger partial charge in [-0.2, -0.15) is 19.8 Å². The number of nitrogens with two attached hydrogens (primary N) is 1. The largest absolute Gasteiger partial charge is 0.441 e. The van der Waals surface area contributed by atoms with Gasteiger partial charge in [-0.25, -0.2) is 14.3 Å². The molecular weight excluding hydrogens is 522 g/mol. The highest BCUT2D eigenvalue weighted by Gasteiger charge is 2.22. The van der Waals surface area contributed by atoms with Gasteiger partial charge in [0.2, 0.25) is 0 Å². The van der Waals surface area contributed by atoms with Gasteiger partial charge in [0, 0.05) is 42.7 Å². The molecule has 1 aliphatic rings. The number of anilines is 1. The first-order valence-corrected chi connectivity index (χ1v) is 13.3. The Hall–Kier alpha value is -4.55. The minimum atomic E-state index is -0.726. The van der Waals surface area contributed by atoms with Crippen molar-refractivity contribution in [2.75, 3.05) is 31.2 Å². The third-order valence-corrected chi connectivity index (χ3v) is 6.87. The molecule has 0 saturated carbocycles. The molecular formula is C29H33N9O3. The van der Waals surface area contributed by atoms with E-state index < -0.39 is 30.1 Å². The molecule has 5 heterocycles. The fourth-order valence-electron chi connectivity index (χ4n) is 4.43. The number of esters is 1. The van der Waals surface area contributed by atoms with Crippen molar-refractivity contribution < 1.29 is 21.1 Å². The molecule has 0 bridgehead atoms. The molecule has 4 aromatic heterocycles. The number of fused-ring (bicyclic) bond motifs is 1. The summed E-state index contributed by atoms with van der Waals surface area (Å²) >= 11 is 0. The second kappa shape index (κ2) is 11.1. The zero-order valence-corrected chi connectivity index (χ0v) is 23.0. The van der Waals surface area contributed by atoms with Gasteiger partial charge in [0.25, 0.3) is 0 Å². The smallest absolute Gasteiger partial charge is 0.324 e. The van der Waals surface area contributed by atoms with E-state index in [1.807, 2.05) is 32.9 Å². The van der Waals surface area contributed by atoms with E-state index in [4.69, 9.17) is 32.1 Å². The molecule has 1 fully saturated rings. The molecule has 0 amide bonds. The van der Waals surface area contributed by atoms with Crippen LogP contribution in [0, 0.1) is 12.8 Å². The van der Waals surface area contributed by atoms with Crippen molar-refractivity contribution in [1.82, 2.24) is 34.2 Å². The van der Waals surface area contributed by atoms with Gasteiger partial charge in [-0.05, 0) is 25.0 Å². The summed E-state index contributed by atoms with van der Waals surface area (Å²) in [6.45, 7) is 7.79. The predicted molar refractivity (Wildman–Crippen MR) is 153 cm³/mol. The lowest BCUT2D eigenvalue weighted by molar-refractivity contribution is -0.150. The second-order valence-corrected chi connectivity index (χ2v) is 10.0. The molecule has 41 heavy (non-hydrogen) atoms. The minimum Gasteiger partial charge on any atom is -0.441 e. The third-order valence-electron chi connectivity index (χ3n) is 6.87. The number of carbonyl (C=O) groups is 1. The Kier molecular flexibility index (Phi) is 5.77. The number of hydrogen-bond donors (Lipinski definition) is 1. The molecule has 0 unspecified atom stereocenters. The maximum absolute atomic E-state index is 12.3. The van der Waals surface area contributed by atoms with Crippen molar-refractivity contribution in [2.24, 2.45) is 11.7 Å². The first-order chi connectivity index (χ1) is 21.9. The van der Waals surface area contributed by atoms with Gasteiger partial charge in [-0.15, -0.1) is 0 Å². The normalized spacial score (nSPS) is 16.3. The van der Waals surface area contributed by atoms with Crippen molar-refractivity contribution in [3.8, 4) is 28.5 Å². The summed E-state index contributed by atoms with van der Waals surface area (Å²) < 4.78 is 56.4.